The van der Waals surface area contributed by atoms with E-state index in [1.54, 1.807) is 36.0 Å². The van der Waals surface area contributed by atoms with E-state index < -0.39 is 4.92 Å². The fraction of sp³-hybridized carbons (Fsp3) is 0.130. The van der Waals surface area contributed by atoms with Gasteiger partial charge >= 0.3 is 0 Å². The number of carbonyl (C=O) groups is 1. The van der Waals surface area contributed by atoms with Gasteiger partial charge in [0, 0.05) is 42.2 Å². The molecule has 2 aromatic heterocycles. The zero-order chi connectivity index (χ0) is 22.3. The van der Waals surface area contributed by atoms with Crippen molar-refractivity contribution in [3.05, 3.63) is 100 Å². The molecule has 4 rings (SSSR count). The van der Waals surface area contributed by atoms with Crippen LogP contribution in [0.3, 0.4) is 0 Å². The summed E-state index contributed by atoms with van der Waals surface area (Å²) in [6.07, 6.45) is 3.94. The van der Waals surface area contributed by atoms with Gasteiger partial charge in [0.2, 0.25) is 0 Å². The molecule has 0 radical (unpaired) electrons. The molecule has 0 saturated carbocycles. The Kier molecular flexibility index (Phi) is 6.66. The summed E-state index contributed by atoms with van der Waals surface area (Å²) < 4.78 is 1.97. The van der Waals surface area contributed by atoms with Crippen LogP contribution in [0.15, 0.2) is 84.0 Å². The number of nitro benzene ring substituents is 1. The first-order valence-corrected chi connectivity index (χ1v) is 11.0. The number of benzene rings is 2. The highest BCUT2D eigenvalue weighted by Gasteiger charge is 2.13. The molecule has 1 amide bonds. The molecular formula is C23H21N5O3S. The average Bonchev–Trinajstić information content (AvgIpc) is 3.24. The van der Waals surface area contributed by atoms with Crippen molar-refractivity contribution in [3.8, 4) is 0 Å². The zero-order valence-corrected chi connectivity index (χ0v) is 17.9. The Hall–Kier alpha value is -3.85. The fourth-order valence-corrected chi connectivity index (χ4v) is 4.17. The first-order valence-electron chi connectivity index (χ1n) is 10.0. The minimum absolute atomic E-state index is 0.00696. The number of imidazole rings is 1. The van der Waals surface area contributed by atoms with Crippen molar-refractivity contribution in [1.29, 1.82) is 0 Å². The Morgan fingerprint density at radius 1 is 1.03 bits per heavy atom. The summed E-state index contributed by atoms with van der Waals surface area (Å²) in [5, 5.41) is 17.0. The van der Waals surface area contributed by atoms with Crippen LogP contribution in [0.4, 0.5) is 11.4 Å². The Bertz CT molecular complexity index is 1220. The van der Waals surface area contributed by atoms with Crippen LogP contribution in [-0.4, -0.2) is 33.3 Å². The average molecular weight is 448 g/mol. The van der Waals surface area contributed by atoms with E-state index in [1.165, 1.54) is 6.07 Å². The standard InChI is InChI=1S/C23H21N5O3S/c29-23(25-13-12-24-19-8-2-3-9-20(19)28(30)31)18-7-1-4-10-21(18)32-16-17-15-27-14-6-5-11-22(27)26-17/h1-11,14-15,24H,12-13,16H2,(H,25,29). The topological polar surface area (TPSA) is 102 Å². The largest absolute Gasteiger partial charge is 0.378 e. The van der Waals surface area contributed by atoms with Crippen molar-refractivity contribution >= 4 is 34.7 Å². The molecule has 2 aromatic carbocycles. The van der Waals surface area contributed by atoms with E-state index in [9.17, 15) is 14.9 Å². The first kappa shape index (κ1) is 21.4. The van der Waals surface area contributed by atoms with Gasteiger partial charge in [0.15, 0.2) is 0 Å². The van der Waals surface area contributed by atoms with E-state index in [0.717, 1.165) is 16.2 Å². The number of pyridine rings is 1. The van der Waals surface area contributed by atoms with E-state index in [-0.39, 0.29) is 11.6 Å². The fourth-order valence-electron chi connectivity index (χ4n) is 3.24. The number of fused-ring (bicyclic) bond motifs is 1. The zero-order valence-electron chi connectivity index (χ0n) is 17.1. The molecule has 8 nitrogen and oxygen atoms in total. The Morgan fingerprint density at radius 2 is 1.81 bits per heavy atom. The molecule has 0 atom stereocenters. The maximum Gasteiger partial charge on any atom is 0.292 e. The highest BCUT2D eigenvalue weighted by Crippen LogP contribution is 2.26. The third kappa shape index (κ3) is 5.06. The summed E-state index contributed by atoms with van der Waals surface area (Å²) in [5.41, 5.74) is 2.85. The Balaban J connectivity index is 1.33. The molecule has 4 aromatic rings. The number of hydrogen-bond donors (Lipinski definition) is 2. The summed E-state index contributed by atoms with van der Waals surface area (Å²) in [5.74, 6) is 0.457. The number of aromatic nitrogens is 2. The van der Waals surface area contributed by atoms with Crippen LogP contribution in [0.1, 0.15) is 16.1 Å². The van der Waals surface area contributed by atoms with Gasteiger partial charge in [-0.1, -0.05) is 30.3 Å². The van der Waals surface area contributed by atoms with Gasteiger partial charge in [-0.15, -0.1) is 11.8 Å². The summed E-state index contributed by atoms with van der Waals surface area (Å²) in [7, 11) is 0. The van der Waals surface area contributed by atoms with E-state index >= 15 is 0 Å². The molecule has 9 heteroatoms. The van der Waals surface area contributed by atoms with Gasteiger partial charge in [-0.3, -0.25) is 14.9 Å². The van der Waals surface area contributed by atoms with Gasteiger partial charge < -0.3 is 15.0 Å². The molecule has 0 fully saturated rings. The number of nitrogens with one attached hydrogen (secondary N) is 2. The van der Waals surface area contributed by atoms with Crippen molar-refractivity contribution in [2.75, 3.05) is 18.4 Å². The first-order chi connectivity index (χ1) is 15.6. The third-order valence-electron chi connectivity index (χ3n) is 4.75. The second-order valence-electron chi connectivity index (χ2n) is 6.94. The molecular weight excluding hydrogens is 426 g/mol. The number of hydrogen-bond acceptors (Lipinski definition) is 6. The van der Waals surface area contributed by atoms with Gasteiger partial charge in [-0.25, -0.2) is 4.98 Å². The number of amides is 1. The molecule has 0 aliphatic heterocycles. The molecule has 32 heavy (non-hydrogen) atoms. The van der Waals surface area contributed by atoms with Crippen LogP contribution in [0.25, 0.3) is 5.65 Å². The van der Waals surface area contributed by atoms with E-state index in [2.05, 4.69) is 15.6 Å². The maximum absolute atomic E-state index is 12.7. The van der Waals surface area contributed by atoms with E-state index in [0.29, 0.717) is 30.1 Å². The van der Waals surface area contributed by atoms with Crippen molar-refractivity contribution in [2.24, 2.45) is 0 Å². The molecule has 0 unspecified atom stereocenters. The summed E-state index contributed by atoms with van der Waals surface area (Å²) in [6.45, 7) is 0.698. The predicted octanol–water partition coefficient (Wildman–Crippen LogP) is 4.38. The minimum atomic E-state index is -0.433. The smallest absolute Gasteiger partial charge is 0.292 e. The van der Waals surface area contributed by atoms with Crippen LogP contribution in [0.2, 0.25) is 0 Å². The van der Waals surface area contributed by atoms with Gasteiger partial charge in [0.05, 0.1) is 16.2 Å². The second-order valence-corrected chi connectivity index (χ2v) is 7.96. The highest BCUT2D eigenvalue weighted by molar-refractivity contribution is 7.98. The summed E-state index contributed by atoms with van der Waals surface area (Å²) >= 11 is 1.56. The normalized spacial score (nSPS) is 10.8. The monoisotopic (exact) mass is 447 g/mol. The molecule has 2 heterocycles. The van der Waals surface area contributed by atoms with E-state index in [1.807, 2.05) is 53.2 Å². The lowest BCUT2D eigenvalue weighted by molar-refractivity contribution is -0.384. The number of anilines is 1. The molecule has 0 aliphatic carbocycles. The van der Waals surface area contributed by atoms with Gasteiger partial charge in [-0.2, -0.15) is 0 Å². The summed E-state index contributed by atoms with van der Waals surface area (Å²) in [6, 6.07) is 19.7. The van der Waals surface area contributed by atoms with Gasteiger partial charge in [0.1, 0.15) is 11.3 Å². The third-order valence-corrected chi connectivity index (χ3v) is 5.85. The van der Waals surface area contributed by atoms with Crippen molar-refractivity contribution in [1.82, 2.24) is 14.7 Å². The van der Waals surface area contributed by atoms with Crippen LogP contribution in [0.5, 0.6) is 0 Å². The number of carbonyl (C=O) groups excluding carboxylic acids is 1. The molecule has 0 saturated heterocycles. The van der Waals surface area contributed by atoms with Crippen molar-refractivity contribution in [3.63, 3.8) is 0 Å². The van der Waals surface area contributed by atoms with E-state index in [4.69, 9.17) is 0 Å². The predicted molar refractivity (Wildman–Crippen MR) is 125 cm³/mol. The second kappa shape index (κ2) is 9.97. The number of para-hydroxylation sites is 2. The SMILES string of the molecule is O=C(NCCNc1ccccc1[N+](=O)[O-])c1ccccc1SCc1cn2ccccc2n1. The van der Waals surface area contributed by atoms with Crippen LogP contribution >= 0.6 is 11.8 Å². The van der Waals surface area contributed by atoms with Crippen molar-refractivity contribution in [2.45, 2.75) is 10.6 Å². The van der Waals surface area contributed by atoms with Gasteiger partial charge in [0.25, 0.3) is 11.6 Å². The van der Waals surface area contributed by atoms with Crippen molar-refractivity contribution < 1.29 is 9.72 Å². The quantitative estimate of drug-likeness (QED) is 0.171. The van der Waals surface area contributed by atoms with Gasteiger partial charge in [-0.05, 0) is 30.3 Å². The lowest BCUT2D eigenvalue weighted by Gasteiger charge is -2.11. The molecule has 0 aliphatic rings. The summed E-state index contributed by atoms with van der Waals surface area (Å²) in [4.78, 5) is 28.8. The maximum atomic E-state index is 12.7. The molecule has 2 N–H and O–H groups in total. The number of nitro groups is 1. The minimum Gasteiger partial charge on any atom is -0.378 e. The number of nitrogens with zero attached hydrogens (tertiary/aromatic N) is 3. The Labute approximate surface area is 188 Å². The van der Waals surface area contributed by atoms with Crippen LogP contribution < -0.4 is 10.6 Å². The molecule has 162 valence electrons. The molecule has 0 spiro atoms. The van der Waals surface area contributed by atoms with Crippen LogP contribution in [0, 0.1) is 10.1 Å². The lowest BCUT2D eigenvalue weighted by Crippen LogP contribution is -2.29. The number of thioether (sulfide) groups is 1. The Morgan fingerprint density at radius 3 is 2.66 bits per heavy atom. The van der Waals surface area contributed by atoms with Crippen LogP contribution in [-0.2, 0) is 5.75 Å². The lowest BCUT2D eigenvalue weighted by atomic mass is 10.2. The highest BCUT2D eigenvalue weighted by atomic mass is 32.2. The number of rotatable bonds is 9. The molecule has 0 bridgehead atoms.